The van der Waals surface area contributed by atoms with Gasteiger partial charge >= 0.3 is 0 Å². The van der Waals surface area contributed by atoms with E-state index in [9.17, 15) is 9.59 Å². The van der Waals surface area contributed by atoms with Crippen molar-refractivity contribution in [2.45, 2.75) is 19.8 Å². The number of hydrogen-bond acceptors (Lipinski definition) is 2. The number of Topliss-reactive ketones (excluding diaryl/α,β-unsaturated/α-hetero) is 1. The Morgan fingerprint density at radius 1 is 1.18 bits per heavy atom. The van der Waals surface area contributed by atoms with E-state index in [2.05, 4.69) is 11.9 Å². The van der Waals surface area contributed by atoms with Crippen molar-refractivity contribution in [1.82, 2.24) is 4.98 Å². The third-order valence-electron chi connectivity index (χ3n) is 3.73. The predicted octanol–water partition coefficient (Wildman–Crippen LogP) is 4.34. The highest BCUT2D eigenvalue weighted by molar-refractivity contribution is 6.62. The van der Waals surface area contributed by atoms with E-state index in [1.807, 2.05) is 18.2 Å². The van der Waals surface area contributed by atoms with Crippen molar-refractivity contribution in [3.63, 3.8) is 0 Å². The van der Waals surface area contributed by atoms with Gasteiger partial charge in [0, 0.05) is 28.7 Å². The molecule has 112 valence electrons. The van der Waals surface area contributed by atoms with Crippen LogP contribution in [0, 0.1) is 0 Å². The van der Waals surface area contributed by atoms with Crippen LogP contribution in [0.4, 0.5) is 0 Å². The molecule has 1 N–H and O–H groups in total. The standard InChI is InChI=1S/C17H13Cl2NO2/c1-2-4-9-5-3-6-10-11(8-20-16(9)10)14-15(19)13(21)7-12(18)17(14)22/h3,5-8,20H,2,4H2,1H3. The first-order chi connectivity index (χ1) is 10.5. The van der Waals surface area contributed by atoms with Crippen LogP contribution in [-0.2, 0) is 16.0 Å². The second kappa shape index (κ2) is 5.75. The summed E-state index contributed by atoms with van der Waals surface area (Å²) in [6, 6.07) is 5.88. The number of carbonyl (C=O) groups excluding carboxylic acids is 2. The zero-order valence-electron chi connectivity index (χ0n) is 11.9. The lowest BCUT2D eigenvalue weighted by atomic mass is 9.94. The summed E-state index contributed by atoms with van der Waals surface area (Å²) in [5.74, 6) is -0.867. The highest BCUT2D eigenvalue weighted by Crippen LogP contribution is 2.36. The van der Waals surface area contributed by atoms with Crippen LogP contribution in [0.15, 0.2) is 40.5 Å². The molecule has 1 aromatic heterocycles. The Hall–Kier alpha value is -1.84. The van der Waals surface area contributed by atoms with Crippen molar-refractivity contribution in [3.8, 4) is 0 Å². The maximum Gasteiger partial charge on any atom is 0.206 e. The molecule has 3 nitrogen and oxygen atoms in total. The summed E-state index contributed by atoms with van der Waals surface area (Å²) in [7, 11) is 0. The Bertz CT molecular complexity index is 859. The van der Waals surface area contributed by atoms with Crippen molar-refractivity contribution in [2.75, 3.05) is 0 Å². The van der Waals surface area contributed by atoms with Gasteiger partial charge in [-0.15, -0.1) is 0 Å². The fraction of sp³-hybridized carbons (Fsp3) is 0.176. The number of rotatable bonds is 3. The van der Waals surface area contributed by atoms with Crippen molar-refractivity contribution in [3.05, 3.63) is 51.7 Å². The molecule has 1 aliphatic carbocycles. The normalized spacial score (nSPS) is 15.7. The number of aromatic nitrogens is 1. The van der Waals surface area contributed by atoms with E-state index in [0.29, 0.717) is 5.56 Å². The first kappa shape index (κ1) is 15.1. The Balaban J connectivity index is 2.23. The Labute approximate surface area is 137 Å². The molecule has 1 aliphatic rings. The van der Waals surface area contributed by atoms with Crippen LogP contribution in [0.3, 0.4) is 0 Å². The molecule has 0 unspecified atom stereocenters. The number of halogens is 2. The quantitative estimate of drug-likeness (QED) is 0.849. The lowest BCUT2D eigenvalue weighted by Crippen LogP contribution is -2.13. The third-order valence-corrected chi connectivity index (χ3v) is 4.38. The van der Waals surface area contributed by atoms with Gasteiger partial charge < -0.3 is 4.98 Å². The van der Waals surface area contributed by atoms with Crippen LogP contribution in [-0.4, -0.2) is 16.6 Å². The van der Waals surface area contributed by atoms with E-state index in [-0.39, 0.29) is 15.6 Å². The first-order valence-electron chi connectivity index (χ1n) is 7.00. The Kier molecular flexibility index (Phi) is 3.94. The van der Waals surface area contributed by atoms with Gasteiger partial charge in [0.25, 0.3) is 0 Å². The lowest BCUT2D eigenvalue weighted by molar-refractivity contribution is -0.113. The molecule has 0 saturated carbocycles. The number of H-pyrrole nitrogens is 1. The second-order valence-electron chi connectivity index (χ2n) is 5.17. The summed E-state index contributed by atoms with van der Waals surface area (Å²) in [6.45, 7) is 2.11. The van der Waals surface area contributed by atoms with E-state index >= 15 is 0 Å². The van der Waals surface area contributed by atoms with Crippen LogP contribution in [0.1, 0.15) is 24.5 Å². The largest absolute Gasteiger partial charge is 0.360 e. The highest BCUT2D eigenvalue weighted by atomic mass is 35.5. The van der Waals surface area contributed by atoms with Gasteiger partial charge in [0.15, 0.2) is 5.78 Å². The van der Waals surface area contributed by atoms with Crippen molar-refractivity contribution in [1.29, 1.82) is 0 Å². The molecule has 0 aliphatic heterocycles. The smallest absolute Gasteiger partial charge is 0.206 e. The number of aryl methyl sites for hydroxylation is 1. The summed E-state index contributed by atoms with van der Waals surface area (Å²) >= 11 is 11.9. The number of ketones is 2. The minimum Gasteiger partial charge on any atom is -0.360 e. The lowest BCUT2D eigenvalue weighted by Gasteiger charge is -2.12. The Morgan fingerprint density at radius 2 is 1.95 bits per heavy atom. The minimum atomic E-state index is -0.444. The van der Waals surface area contributed by atoms with Gasteiger partial charge in [-0.05, 0) is 12.0 Å². The summed E-state index contributed by atoms with van der Waals surface area (Å²) < 4.78 is 0. The molecule has 22 heavy (non-hydrogen) atoms. The zero-order chi connectivity index (χ0) is 15.9. The third kappa shape index (κ3) is 2.31. The summed E-state index contributed by atoms with van der Waals surface area (Å²) in [6.07, 6.45) is 4.72. The van der Waals surface area contributed by atoms with E-state index in [0.717, 1.165) is 29.8 Å². The molecule has 0 radical (unpaired) electrons. The molecule has 3 rings (SSSR count). The molecule has 5 heteroatoms. The van der Waals surface area contributed by atoms with Gasteiger partial charge in [-0.2, -0.15) is 0 Å². The SMILES string of the molecule is CCCc1cccc2c(C3=C(Cl)C(=O)C=C(Cl)C3=O)c[nH]c12. The molecule has 0 atom stereocenters. The summed E-state index contributed by atoms with van der Waals surface area (Å²) in [4.78, 5) is 27.4. The minimum absolute atomic E-state index is 0.0869. The van der Waals surface area contributed by atoms with E-state index < -0.39 is 11.6 Å². The van der Waals surface area contributed by atoms with Crippen molar-refractivity contribution >= 4 is 51.2 Å². The molecule has 1 aromatic carbocycles. The number of nitrogens with one attached hydrogen (secondary N) is 1. The molecule has 0 fully saturated rings. The number of carbonyl (C=O) groups is 2. The summed E-state index contributed by atoms with van der Waals surface area (Å²) in [5.41, 5.74) is 2.91. The average Bonchev–Trinajstić information content (AvgIpc) is 2.91. The number of para-hydroxylation sites is 1. The number of allylic oxidation sites excluding steroid dienone is 4. The van der Waals surface area contributed by atoms with Gasteiger partial charge in [0.2, 0.25) is 5.78 Å². The van der Waals surface area contributed by atoms with Gasteiger partial charge in [0.1, 0.15) is 0 Å². The van der Waals surface area contributed by atoms with Crippen LogP contribution in [0.25, 0.3) is 16.5 Å². The van der Waals surface area contributed by atoms with Crippen LogP contribution >= 0.6 is 23.2 Å². The molecule has 2 aromatic rings. The fourth-order valence-electron chi connectivity index (χ4n) is 2.73. The predicted molar refractivity (Wildman–Crippen MR) is 89.0 cm³/mol. The zero-order valence-corrected chi connectivity index (χ0v) is 13.4. The molecule has 0 spiro atoms. The topological polar surface area (TPSA) is 49.9 Å². The van der Waals surface area contributed by atoms with E-state index in [1.165, 1.54) is 5.56 Å². The number of aromatic amines is 1. The summed E-state index contributed by atoms with van der Waals surface area (Å²) in [5, 5.41) is 0.672. The fourth-order valence-corrected chi connectivity index (χ4v) is 3.16. The van der Waals surface area contributed by atoms with Gasteiger partial charge in [0.05, 0.1) is 15.6 Å². The van der Waals surface area contributed by atoms with Crippen molar-refractivity contribution < 1.29 is 9.59 Å². The van der Waals surface area contributed by atoms with Gasteiger partial charge in [-0.1, -0.05) is 54.7 Å². The molecule has 0 saturated heterocycles. The number of fused-ring (bicyclic) bond motifs is 1. The highest BCUT2D eigenvalue weighted by Gasteiger charge is 2.29. The molecular formula is C17H13Cl2NO2. The molecule has 0 bridgehead atoms. The monoisotopic (exact) mass is 333 g/mol. The van der Waals surface area contributed by atoms with Crippen LogP contribution in [0.5, 0.6) is 0 Å². The number of hydrogen-bond donors (Lipinski definition) is 1. The van der Waals surface area contributed by atoms with E-state index in [1.54, 1.807) is 6.20 Å². The van der Waals surface area contributed by atoms with Crippen LogP contribution in [0.2, 0.25) is 0 Å². The maximum atomic E-state index is 12.3. The maximum absolute atomic E-state index is 12.3. The first-order valence-corrected chi connectivity index (χ1v) is 7.75. The van der Waals surface area contributed by atoms with Gasteiger partial charge in [-0.3, -0.25) is 9.59 Å². The molecule has 0 amide bonds. The number of benzene rings is 1. The second-order valence-corrected chi connectivity index (χ2v) is 5.95. The van der Waals surface area contributed by atoms with Crippen molar-refractivity contribution in [2.24, 2.45) is 0 Å². The average molecular weight is 334 g/mol. The van der Waals surface area contributed by atoms with E-state index in [4.69, 9.17) is 23.2 Å². The van der Waals surface area contributed by atoms with Crippen LogP contribution < -0.4 is 0 Å². The molecular weight excluding hydrogens is 321 g/mol. The Morgan fingerprint density at radius 3 is 2.68 bits per heavy atom. The molecule has 1 heterocycles. The van der Waals surface area contributed by atoms with Gasteiger partial charge in [-0.25, -0.2) is 0 Å².